The molecule has 0 aliphatic carbocycles. The van der Waals surface area contributed by atoms with Gasteiger partial charge in [-0.05, 0) is 23.8 Å². The number of fused-ring (bicyclic) bond motifs is 2. The molecule has 2 heterocycles. The molecule has 0 radical (unpaired) electrons. The van der Waals surface area contributed by atoms with Crippen molar-refractivity contribution in [2.45, 2.75) is 18.1 Å². The highest BCUT2D eigenvalue weighted by Crippen LogP contribution is 2.49. The molecule has 4 rings (SSSR count). The number of ether oxygens (including phenoxy) is 1. The smallest absolute Gasteiger partial charge is 0.192 e. The van der Waals surface area contributed by atoms with Crippen LogP contribution in [0.3, 0.4) is 0 Å². The van der Waals surface area contributed by atoms with Crippen molar-refractivity contribution in [3.8, 4) is 5.75 Å². The van der Waals surface area contributed by atoms with E-state index in [1.165, 1.54) is 5.56 Å². The van der Waals surface area contributed by atoms with Gasteiger partial charge in [0.15, 0.2) is 5.96 Å². The number of guanidine groups is 1. The lowest BCUT2D eigenvalue weighted by Crippen LogP contribution is -2.38. The van der Waals surface area contributed by atoms with Crippen LogP contribution in [0.15, 0.2) is 58.0 Å². The van der Waals surface area contributed by atoms with E-state index in [1.54, 1.807) is 0 Å². The van der Waals surface area contributed by atoms with Gasteiger partial charge in [0.2, 0.25) is 0 Å². The first kappa shape index (κ1) is 14.6. The maximum absolute atomic E-state index is 6.28. The van der Waals surface area contributed by atoms with E-state index in [9.17, 15) is 0 Å². The molecular formula is C18H18BrN3O. The minimum absolute atomic E-state index is 0.0204. The number of halogens is 1. The van der Waals surface area contributed by atoms with Gasteiger partial charge in [-0.2, -0.15) is 0 Å². The molecule has 0 bridgehead atoms. The van der Waals surface area contributed by atoms with Crippen molar-refractivity contribution < 1.29 is 4.74 Å². The largest absolute Gasteiger partial charge is 0.485 e. The molecule has 5 heteroatoms. The SMILES string of the molecule is CN1CC2(CC(c3ccccc3)Oc3ccc(Br)cc32)N=C1N. The van der Waals surface area contributed by atoms with Crippen molar-refractivity contribution in [2.24, 2.45) is 10.7 Å². The molecule has 0 aromatic heterocycles. The summed E-state index contributed by atoms with van der Waals surface area (Å²) in [7, 11) is 1.98. The normalized spacial score (nSPS) is 25.9. The number of aliphatic imine (C=N–C) groups is 1. The fourth-order valence-corrected chi connectivity index (χ4v) is 3.86. The minimum Gasteiger partial charge on any atom is -0.485 e. The molecule has 0 saturated carbocycles. The maximum Gasteiger partial charge on any atom is 0.192 e. The standard InChI is InChI=1S/C18H18BrN3O/c1-22-11-18(21-17(22)20)10-16(12-5-3-2-4-6-12)23-15-8-7-13(19)9-14(15)18/h2-9,16H,10-11H2,1H3,(H2,20,21). The number of nitrogens with zero attached hydrogens (tertiary/aromatic N) is 2. The van der Waals surface area contributed by atoms with Crippen LogP contribution in [0.5, 0.6) is 5.75 Å². The van der Waals surface area contributed by atoms with Crippen molar-refractivity contribution in [1.82, 2.24) is 4.90 Å². The third-order valence-electron chi connectivity index (χ3n) is 4.63. The summed E-state index contributed by atoms with van der Waals surface area (Å²) < 4.78 is 7.31. The Kier molecular flexibility index (Phi) is 3.34. The Balaban J connectivity index is 1.84. The summed E-state index contributed by atoms with van der Waals surface area (Å²) in [5, 5.41) is 0. The van der Waals surface area contributed by atoms with E-state index < -0.39 is 0 Å². The van der Waals surface area contributed by atoms with Gasteiger partial charge in [-0.25, -0.2) is 4.99 Å². The third-order valence-corrected chi connectivity index (χ3v) is 5.12. The topological polar surface area (TPSA) is 50.8 Å². The molecule has 1 spiro atoms. The lowest BCUT2D eigenvalue weighted by atomic mass is 9.81. The van der Waals surface area contributed by atoms with Crippen LogP contribution in [0.4, 0.5) is 0 Å². The van der Waals surface area contributed by atoms with E-state index in [4.69, 9.17) is 15.5 Å². The van der Waals surface area contributed by atoms with Crippen LogP contribution in [0.1, 0.15) is 23.7 Å². The number of nitrogens with two attached hydrogens (primary N) is 1. The zero-order valence-electron chi connectivity index (χ0n) is 12.9. The summed E-state index contributed by atoms with van der Waals surface area (Å²) in [4.78, 5) is 6.85. The lowest BCUT2D eigenvalue weighted by Gasteiger charge is -2.38. The molecule has 2 aliphatic rings. The summed E-state index contributed by atoms with van der Waals surface area (Å²) in [6.07, 6.45) is 0.763. The molecular weight excluding hydrogens is 354 g/mol. The summed E-state index contributed by atoms with van der Waals surface area (Å²) >= 11 is 3.56. The van der Waals surface area contributed by atoms with Crippen molar-refractivity contribution in [3.63, 3.8) is 0 Å². The van der Waals surface area contributed by atoms with E-state index in [1.807, 2.05) is 42.3 Å². The van der Waals surface area contributed by atoms with Gasteiger partial charge in [0.1, 0.15) is 17.4 Å². The van der Waals surface area contributed by atoms with Crippen molar-refractivity contribution >= 4 is 21.9 Å². The summed E-state index contributed by atoms with van der Waals surface area (Å²) in [5.74, 6) is 1.48. The predicted molar refractivity (Wildman–Crippen MR) is 94.5 cm³/mol. The van der Waals surface area contributed by atoms with Gasteiger partial charge in [0, 0.05) is 23.5 Å². The second-order valence-corrected chi connectivity index (χ2v) is 7.14. The molecule has 0 amide bonds. The molecule has 118 valence electrons. The average Bonchev–Trinajstić information content (AvgIpc) is 2.83. The van der Waals surface area contributed by atoms with Gasteiger partial charge in [-0.3, -0.25) is 0 Å². The van der Waals surface area contributed by atoms with Crippen LogP contribution in [-0.4, -0.2) is 24.5 Å². The van der Waals surface area contributed by atoms with Gasteiger partial charge in [-0.15, -0.1) is 0 Å². The Bertz CT molecular complexity index is 777. The van der Waals surface area contributed by atoms with Crippen LogP contribution in [-0.2, 0) is 5.54 Å². The third kappa shape index (κ3) is 2.39. The van der Waals surface area contributed by atoms with Crippen molar-refractivity contribution in [1.29, 1.82) is 0 Å². The first-order valence-electron chi connectivity index (χ1n) is 7.65. The fraction of sp³-hybridized carbons (Fsp3) is 0.278. The maximum atomic E-state index is 6.28. The van der Waals surface area contributed by atoms with Gasteiger partial charge in [0.05, 0.1) is 6.54 Å². The van der Waals surface area contributed by atoms with E-state index in [0.29, 0.717) is 5.96 Å². The number of hydrogen-bond donors (Lipinski definition) is 1. The Morgan fingerprint density at radius 3 is 2.74 bits per heavy atom. The van der Waals surface area contributed by atoms with E-state index in [0.717, 1.165) is 28.8 Å². The summed E-state index contributed by atoms with van der Waals surface area (Å²) in [5.41, 5.74) is 8.01. The first-order valence-corrected chi connectivity index (χ1v) is 8.45. The number of rotatable bonds is 1. The second kappa shape index (κ2) is 5.27. The van der Waals surface area contributed by atoms with E-state index in [2.05, 4.69) is 34.1 Å². The van der Waals surface area contributed by atoms with Crippen LogP contribution in [0.25, 0.3) is 0 Å². The highest BCUT2D eigenvalue weighted by atomic mass is 79.9. The van der Waals surface area contributed by atoms with Gasteiger partial charge >= 0.3 is 0 Å². The van der Waals surface area contributed by atoms with Gasteiger partial charge in [0.25, 0.3) is 0 Å². The summed E-state index contributed by atoms with van der Waals surface area (Å²) in [6, 6.07) is 16.4. The number of likely N-dealkylation sites (N-methyl/N-ethyl adjacent to an activating group) is 1. The van der Waals surface area contributed by atoms with Gasteiger partial charge < -0.3 is 15.4 Å². The Hall–Kier alpha value is -2.01. The number of hydrogen-bond acceptors (Lipinski definition) is 4. The average molecular weight is 372 g/mol. The molecule has 2 aliphatic heterocycles. The van der Waals surface area contributed by atoms with Crippen molar-refractivity contribution in [3.05, 3.63) is 64.1 Å². The van der Waals surface area contributed by atoms with Crippen LogP contribution in [0.2, 0.25) is 0 Å². The summed E-state index contributed by atoms with van der Waals surface area (Å²) in [6.45, 7) is 0.773. The zero-order chi connectivity index (χ0) is 16.0. The monoisotopic (exact) mass is 371 g/mol. The molecule has 2 unspecified atom stereocenters. The lowest BCUT2D eigenvalue weighted by molar-refractivity contribution is 0.123. The quantitative estimate of drug-likeness (QED) is 0.835. The van der Waals surface area contributed by atoms with Crippen LogP contribution < -0.4 is 10.5 Å². The molecule has 0 saturated heterocycles. The second-order valence-electron chi connectivity index (χ2n) is 6.22. The van der Waals surface area contributed by atoms with E-state index in [-0.39, 0.29) is 11.6 Å². The molecule has 0 fully saturated rings. The van der Waals surface area contributed by atoms with E-state index >= 15 is 0 Å². The molecule has 23 heavy (non-hydrogen) atoms. The molecule has 2 N–H and O–H groups in total. The predicted octanol–water partition coefficient (Wildman–Crippen LogP) is 3.43. The van der Waals surface area contributed by atoms with Crippen LogP contribution in [0, 0.1) is 0 Å². The minimum atomic E-state index is -0.350. The highest BCUT2D eigenvalue weighted by molar-refractivity contribution is 9.10. The molecule has 4 nitrogen and oxygen atoms in total. The molecule has 2 aromatic carbocycles. The fourth-order valence-electron chi connectivity index (χ4n) is 3.50. The van der Waals surface area contributed by atoms with Gasteiger partial charge in [-0.1, -0.05) is 46.3 Å². The number of benzene rings is 2. The first-order chi connectivity index (χ1) is 11.1. The van der Waals surface area contributed by atoms with Crippen molar-refractivity contribution in [2.75, 3.05) is 13.6 Å². The molecule has 2 atom stereocenters. The Morgan fingerprint density at radius 1 is 1.26 bits per heavy atom. The molecule has 2 aromatic rings. The highest BCUT2D eigenvalue weighted by Gasteiger charge is 2.46. The zero-order valence-corrected chi connectivity index (χ0v) is 14.5. The van der Waals surface area contributed by atoms with Crippen LogP contribution >= 0.6 is 15.9 Å². The Morgan fingerprint density at radius 2 is 2.04 bits per heavy atom. The Labute approximate surface area is 144 Å².